The Hall–Kier alpha value is -4.04. The van der Waals surface area contributed by atoms with Crippen molar-refractivity contribution in [2.24, 2.45) is 0 Å². The topological polar surface area (TPSA) is 76.0 Å². The summed E-state index contributed by atoms with van der Waals surface area (Å²) in [4.78, 5) is 18.7. The Morgan fingerprint density at radius 2 is 1.78 bits per heavy atom. The highest BCUT2D eigenvalue weighted by molar-refractivity contribution is 7.99. The molecular weight excluding hydrogens is 470 g/mol. The third-order valence-electron chi connectivity index (χ3n) is 6.56. The number of methoxy groups -OCH3 is 1. The lowest BCUT2D eigenvalue weighted by atomic mass is 10.0. The van der Waals surface area contributed by atoms with Gasteiger partial charge in [0.25, 0.3) is 0 Å². The van der Waals surface area contributed by atoms with Gasteiger partial charge in [0.15, 0.2) is 11.0 Å². The van der Waals surface area contributed by atoms with Crippen LogP contribution in [0.5, 0.6) is 5.75 Å². The molecule has 1 aliphatic rings. The van der Waals surface area contributed by atoms with Crippen molar-refractivity contribution < 1.29 is 9.53 Å². The van der Waals surface area contributed by atoms with Gasteiger partial charge in [0, 0.05) is 52.9 Å². The van der Waals surface area contributed by atoms with Crippen molar-refractivity contribution in [1.82, 2.24) is 24.6 Å². The molecule has 0 saturated heterocycles. The van der Waals surface area contributed by atoms with Crippen molar-refractivity contribution in [2.75, 3.05) is 19.4 Å². The maximum Gasteiger partial charge on any atom is 0.233 e. The zero-order chi connectivity index (χ0) is 24.5. The second-order valence-corrected chi connectivity index (χ2v) is 9.63. The molecule has 3 aromatic carbocycles. The monoisotopic (exact) mass is 495 g/mol. The van der Waals surface area contributed by atoms with Crippen molar-refractivity contribution in [1.29, 1.82) is 0 Å². The molecule has 1 aliphatic heterocycles. The third kappa shape index (κ3) is 4.13. The standard InChI is InChI=1S/C28H25N5O2S/c1-35-21-13-11-19(12-14-21)27-30-31-28(33(27)20-7-3-2-4-8-20)36-18-26(34)32-16-15-25-23(17-32)22-9-5-6-10-24(22)29-25/h2-14,29H,15-18H2,1H3. The number of fused-ring (bicyclic) bond motifs is 3. The molecule has 8 heteroatoms. The summed E-state index contributed by atoms with van der Waals surface area (Å²) in [6, 6.07) is 26.0. The molecule has 0 spiro atoms. The Morgan fingerprint density at radius 1 is 1.00 bits per heavy atom. The molecule has 0 bridgehead atoms. The number of thioether (sulfide) groups is 1. The quantitative estimate of drug-likeness (QED) is 0.332. The number of amides is 1. The smallest absolute Gasteiger partial charge is 0.233 e. The number of ether oxygens (including phenoxy) is 1. The first-order valence-corrected chi connectivity index (χ1v) is 12.8. The second kappa shape index (κ2) is 9.54. The second-order valence-electron chi connectivity index (χ2n) is 8.69. The molecule has 7 nitrogen and oxygen atoms in total. The van der Waals surface area contributed by atoms with Crippen molar-refractivity contribution in [3.63, 3.8) is 0 Å². The zero-order valence-electron chi connectivity index (χ0n) is 19.8. The number of aromatic nitrogens is 4. The van der Waals surface area contributed by atoms with Gasteiger partial charge in [0.1, 0.15) is 5.75 Å². The fraction of sp³-hybridized carbons (Fsp3) is 0.179. The van der Waals surface area contributed by atoms with Crippen LogP contribution in [0.2, 0.25) is 0 Å². The molecule has 6 rings (SSSR count). The molecule has 1 amide bonds. The maximum absolute atomic E-state index is 13.3. The van der Waals surface area contributed by atoms with E-state index in [0.29, 0.717) is 24.0 Å². The summed E-state index contributed by atoms with van der Waals surface area (Å²) in [6.45, 7) is 1.34. The Bertz CT molecular complexity index is 1530. The van der Waals surface area contributed by atoms with Gasteiger partial charge in [-0.3, -0.25) is 9.36 Å². The summed E-state index contributed by atoms with van der Waals surface area (Å²) in [5.41, 5.74) is 5.47. The average molecular weight is 496 g/mol. The molecular formula is C28H25N5O2S. The fourth-order valence-electron chi connectivity index (χ4n) is 4.70. The lowest BCUT2D eigenvalue weighted by Crippen LogP contribution is -2.36. The molecule has 3 heterocycles. The number of nitrogens with zero attached hydrogens (tertiary/aromatic N) is 4. The van der Waals surface area contributed by atoms with Gasteiger partial charge in [-0.15, -0.1) is 10.2 Å². The average Bonchev–Trinajstić information content (AvgIpc) is 3.53. The predicted octanol–water partition coefficient (Wildman–Crippen LogP) is 5.10. The molecule has 36 heavy (non-hydrogen) atoms. The highest BCUT2D eigenvalue weighted by Crippen LogP contribution is 2.31. The minimum Gasteiger partial charge on any atom is -0.497 e. The summed E-state index contributed by atoms with van der Waals surface area (Å²) in [5, 5.41) is 10.8. The number of rotatable bonds is 6. The summed E-state index contributed by atoms with van der Waals surface area (Å²) < 4.78 is 7.30. The summed E-state index contributed by atoms with van der Waals surface area (Å²) in [6.07, 6.45) is 0.836. The van der Waals surface area contributed by atoms with Crippen LogP contribution in [0.25, 0.3) is 28.0 Å². The van der Waals surface area contributed by atoms with Gasteiger partial charge >= 0.3 is 0 Å². The van der Waals surface area contributed by atoms with E-state index in [1.54, 1.807) is 7.11 Å². The van der Waals surface area contributed by atoms with Crippen LogP contribution in [-0.4, -0.2) is 50.0 Å². The number of hydrogen-bond acceptors (Lipinski definition) is 5. The van der Waals surface area contributed by atoms with E-state index >= 15 is 0 Å². The van der Waals surface area contributed by atoms with Crippen molar-refractivity contribution in [3.8, 4) is 22.8 Å². The van der Waals surface area contributed by atoms with E-state index in [-0.39, 0.29) is 5.91 Å². The molecule has 2 aromatic heterocycles. The highest BCUT2D eigenvalue weighted by Gasteiger charge is 2.25. The van der Waals surface area contributed by atoms with Gasteiger partial charge in [-0.2, -0.15) is 0 Å². The van der Waals surface area contributed by atoms with Crippen LogP contribution in [0.3, 0.4) is 0 Å². The van der Waals surface area contributed by atoms with Gasteiger partial charge in [-0.1, -0.05) is 48.2 Å². The van der Waals surface area contributed by atoms with Crippen molar-refractivity contribution in [3.05, 3.63) is 90.1 Å². The Labute approximate surface area is 213 Å². The highest BCUT2D eigenvalue weighted by atomic mass is 32.2. The van der Waals surface area contributed by atoms with E-state index in [1.165, 1.54) is 28.4 Å². The third-order valence-corrected chi connectivity index (χ3v) is 7.47. The molecule has 180 valence electrons. The van der Waals surface area contributed by atoms with Crippen molar-refractivity contribution in [2.45, 2.75) is 18.1 Å². The van der Waals surface area contributed by atoms with E-state index in [0.717, 1.165) is 34.8 Å². The summed E-state index contributed by atoms with van der Waals surface area (Å²) >= 11 is 1.42. The number of carbonyl (C=O) groups excluding carboxylic acids is 1. The van der Waals surface area contributed by atoms with Gasteiger partial charge in [0.05, 0.1) is 12.9 Å². The SMILES string of the molecule is COc1ccc(-c2nnc(SCC(=O)N3CCc4[nH]c5ccccc5c4C3)n2-c2ccccc2)cc1. The van der Waals surface area contributed by atoms with Crippen LogP contribution in [0.1, 0.15) is 11.3 Å². The van der Waals surface area contributed by atoms with Gasteiger partial charge < -0.3 is 14.6 Å². The normalized spacial score (nSPS) is 13.1. The van der Waals surface area contributed by atoms with Gasteiger partial charge in [-0.25, -0.2) is 0 Å². The first kappa shape index (κ1) is 22.4. The minimum absolute atomic E-state index is 0.101. The Morgan fingerprint density at radius 3 is 2.58 bits per heavy atom. The lowest BCUT2D eigenvalue weighted by Gasteiger charge is -2.27. The van der Waals surface area contributed by atoms with Crippen LogP contribution in [0, 0.1) is 0 Å². The number of benzene rings is 3. The maximum atomic E-state index is 13.3. The molecule has 0 saturated carbocycles. The molecule has 0 atom stereocenters. The zero-order valence-corrected chi connectivity index (χ0v) is 20.7. The summed E-state index contributed by atoms with van der Waals surface area (Å²) in [7, 11) is 1.65. The fourth-order valence-corrected chi connectivity index (χ4v) is 5.55. The summed E-state index contributed by atoms with van der Waals surface area (Å²) in [5.74, 6) is 1.90. The molecule has 0 fully saturated rings. The number of H-pyrrole nitrogens is 1. The van der Waals surface area contributed by atoms with E-state index in [1.807, 2.05) is 76.2 Å². The first-order chi connectivity index (χ1) is 17.7. The minimum atomic E-state index is 0.101. The largest absolute Gasteiger partial charge is 0.497 e. The van der Waals surface area contributed by atoms with Crippen molar-refractivity contribution >= 4 is 28.6 Å². The number of para-hydroxylation sites is 2. The Balaban J connectivity index is 1.24. The van der Waals surface area contributed by atoms with E-state index in [4.69, 9.17) is 4.74 Å². The van der Waals surface area contributed by atoms with Crippen LogP contribution < -0.4 is 4.74 Å². The van der Waals surface area contributed by atoms with Gasteiger partial charge in [0.2, 0.25) is 5.91 Å². The molecule has 1 N–H and O–H groups in total. The lowest BCUT2D eigenvalue weighted by molar-refractivity contribution is -0.129. The molecule has 0 radical (unpaired) electrons. The van der Waals surface area contributed by atoms with E-state index in [9.17, 15) is 4.79 Å². The number of hydrogen-bond donors (Lipinski definition) is 1. The number of carbonyl (C=O) groups is 1. The molecule has 0 aliphatic carbocycles. The predicted molar refractivity (Wildman–Crippen MR) is 141 cm³/mol. The Kier molecular flexibility index (Phi) is 5.95. The van der Waals surface area contributed by atoms with Crippen LogP contribution in [0.15, 0.2) is 84.0 Å². The number of nitrogens with one attached hydrogen (secondary N) is 1. The van der Waals surface area contributed by atoms with Crippen LogP contribution in [0.4, 0.5) is 0 Å². The molecule has 0 unspecified atom stereocenters. The first-order valence-electron chi connectivity index (χ1n) is 11.9. The van der Waals surface area contributed by atoms with Gasteiger partial charge in [-0.05, 0) is 42.5 Å². The molecule has 5 aromatic rings. The van der Waals surface area contributed by atoms with E-state index in [2.05, 4.69) is 27.3 Å². The van der Waals surface area contributed by atoms with E-state index < -0.39 is 0 Å². The van der Waals surface area contributed by atoms with Crippen LogP contribution in [-0.2, 0) is 17.8 Å². The number of aromatic amines is 1. The van der Waals surface area contributed by atoms with Crippen LogP contribution >= 0.6 is 11.8 Å².